The average Bonchev–Trinajstić information content (AvgIpc) is 2.35. The molecule has 1 aliphatic rings. The minimum atomic E-state index is -1.39. The third kappa shape index (κ3) is 5.71. The Morgan fingerprint density at radius 2 is 2.00 bits per heavy atom. The maximum absolute atomic E-state index is 5.73. The summed E-state index contributed by atoms with van der Waals surface area (Å²) >= 11 is 0. The van der Waals surface area contributed by atoms with Gasteiger partial charge in [-0.3, -0.25) is 0 Å². The Balaban J connectivity index is 2.16. The van der Waals surface area contributed by atoms with Crippen LogP contribution in [-0.4, -0.2) is 16.4 Å². The van der Waals surface area contributed by atoms with E-state index < -0.39 is 9.28 Å². The third-order valence-electron chi connectivity index (χ3n) is 3.29. The van der Waals surface area contributed by atoms with Gasteiger partial charge >= 0.3 is 9.28 Å². The molecule has 1 aliphatic carbocycles. The first-order chi connectivity index (χ1) is 7.86. The van der Waals surface area contributed by atoms with E-state index >= 15 is 0 Å². The predicted octanol–water partition coefficient (Wildman–Crippen LogP) is 3.76. The van der Waals surface area contributed by atoms with Crippen LogP contribution in [0.2, 0.25) is 6.04 Å². The van der Waals surface area contributed by atoms with Gasteiger partial charge in [0, 0.05) is 7.11 Å². The summed E-state index contributed by atoms with van der Waals surface area (Å²) in [4.78, 5) is 0. The minimum Gasteiger partial charge on any atom is -0.529 e. The van der Waals surface area contributed by atoms with Crippen LogP contribution < -0.4 is 0 Å². The Labute approximate surface area is 102 Å². The molecule has 0 bridgehead atoms. The van der Waals surface area contributed by atoms with Crippen molar-refractivity contribution in [1.82, 2.24) is 0 Å². The van der Waals surface area contributed by atoms with Gasteiger partial charge < -0.3 is 8.85 Å². The van der Waals surface area contributed by atoms with Crippen molar-refractivity contribution in [3.8, 4) is 0 Å². The predicted molar refractivity (Wildman–Crippen MR) is 70.7 cm³/mol. The number of hydrogen-bond donors (Lipinski definition) is 0. The molecule has 1 fully saturated rings. The summed E-state index contributed by atoms with van der Waals surface area (Å²) in [6, 6.07) is 1.13. The van der Waals surface area contributed by atoms with Crippen LogP contribution in [-0.2, 0) is 8.85 Å². The molecule has 0 heterocycles. The van der Waals surface area contributed by atoms with Crippen molar-refractivity contribution >= 4 is 9.28 Å². The second-order valence-electron chi connectivity index (χ2n) is 4.67. The molecule has 1 atom stereocenters. The first-order valence-electron chi connectivity index (χ1n) is 6.71. The molecule has 1 saturated carbocycles. The van der Waals surface area contributed by atoms with E-state index in [2.05, 4.69) is 13.0 Å². The van der Waals surface area contributed by atoms with Crippen LogP contribution in [0.5, 0.6) is 0 Å². The molecule has 94 valence electrons. The maximum Gasteiger partial charge on any atom is 0.381 e. The fraction of sp³-hybridized carbons (Fsp3) is 0.846. The molecule has 2 nitrogen and oxygen atoms in total. The molecule has 1 unspecified atom stereocenters. The van der Waals surface area contributed by atoms with Gasteiger partial charge in [-0.1, -0.05) is 39.0 Å². The van der Waals surface area contributed by atoms with Crippen LogP contribution in [0.15, 0.2) is 12.3 Å². The second-order valence-corrected chi connectivity index (χ2v) is 6.85. The van der Waals surface area contributed by atoms with E-state index in [0.717, 1.165) is 12.0 Å². The molecule has 0 aliphatic heterocycles. The van der Waals surface area contributed by atoms with E-state index in [1.807, 2.05) is 6.26 Å². The Bertz CT molecular complexity index is 188. The fourth-order valence-electron chi connectivity index (χ4n) is 2.18. The van der Waals surface area contributed by atoms with E-state index in [-0.39, 0.29) is 0 Å². The molecule has 3 heteroatoms. The van der Waals surface area contributed by atoms with Crippen molar-refractivity contribution < 1.29 is 8.85 Å². The van der Waals surface area contributed by atoms with Crippen LogP contribution in [0, 0.1) is 5.92 Å². The molecule has 0 aromatic rings. The van der Waals surface area contributed by atoms with Crippen LogP contribution in [0.3, 0.4) is 0 Å². The highest BCUT2D eigenvalue weighted by Crippen LogP contribution is 2.24. The molecular formula is C13H26O2Si. The van der Waals surface area contributed by atoms with Crippen LogP contribution in [0.1, 0.15) is 51.9 Å². The van der Waals surface area contributed by atoms with E-state index in [9.17, 15) is 0 Å². The van der Waals surface area contributed by atoms with Crippen molar-refractivity contribution in [2.45, 2.75) is 57.9 Å². The SMILES string of the molecule is CCCC[SiH](OC)OC=CC1CCCCC1. The largest absolute Gasteiger partial charge is 0.529 e. The Hall–Kier alpha value is -0.283. The summed E-state index contributed by atoms with van der Waals surface area (Å²) in [5.41, 5.74) is 0. The maximum atomic E-state index is 5.73. The first-order valence-corrected chi connectivity index (χ1v) is 8.47. The highest BCUT2D eigenvalue weighted by molar-refractivity contribution is 6.44. The van der Waals surface area contributed by atoms with Crippen molar-refractivity contribution in [3.05, 3.63) is 12.3 Å². The summed E-state index contributed by atoms with van der Waals surface area (Å²) < 4.78 is 11.1. The second kappa shape index (κ2) is 8.82. The van der Waals surface area contributed by atoms with Gasteiger partial charge in [0.25, 0.3) is 0 Å². The van der Waals surface area contributed by atoms with Gasteiger partial charge in [-0.05, 0) is 30.9 Å². The first kappa shape index (κ1) is 13.8. The number of allylic oxidation sites excluding steroid dienone is 1. The molecular weight excluding hydrogens is 216 g/mol. The lowest BCUT2D eigenvalue weighted by Gasteiger charge is -2.18. The molecule has 0 N–H and O–H groups in total. The van der Waals surface area contributed by atoms with Crippen molar-refractivity contribution in [2.24, 2.45) is 5.92 Å². The summed E-state index contributed by atoms with van der Waals surface area (Å²) in [5, 5.41) is 0. The minimum absolute atomic E-state index is 0.756. The molecule has 0 saturated heterocycles. The van der Waals surface area contributed by atoms with Gasteiger partial charge in [0.2, 0.25) is 0 Å². The monoisotopic (exact) mass is 242 g/mol. The number of rotatable bonds is 7. The molecule has 0 radical (unpaired) electrons. The Kier molecular flexibility index (Phi) is 7.60. The zero-order valence-electron chi connectivity index (χ0n) is 10.8. The van der Waals surface area contributed by atoms with Crippen molar-refractivity contribution in [1.29, 1.82) is 0 Å². The Morgan fingerprint density at radius 3 is 2.62 bits per heavy atom. The lowest BCUT2D eigenvalue weighted by atomic mass is 9.89. The molecule has 0 aromatic heterocycles. The Morgan fingerprint density at radius 1 is 1.25 bits per heavy atom. The average molecular weight is 242 g/mol. The van der Waals surface area contributed by atoms with Crippen molar-refractivity contribution in [3.63, 3.8) is 0 Å². The standard InChI is InChI=1S/C13H26O2Si/c1-3-4-12-16(14-2)15-11-10-13-8-6-5-7-9-13/h10-11,13,16H,3-9,12H2,1-2H3. The van der Waals surface area contributed by atoms with E-state index in [4.69, 9.17) is 8.85 Å². The summed E-state index contributed by atoms with van der Waals surface area (Å²) in [7, 11) is 0.390. The molecule has 16 heavy (non-hydrogen) atoms. The normalized spacial score (nSPS) is 20.1. The smallest absolute Gasteiger partial charge is 0.381 e. The quantitative estimate of drug-likeness (QED) is 0.500. The van der Waals surface area contributed by atoms with Gasteiger partial charge in [-0.15, -0.1) is 0 Å². The fourth-order valence-corrected chi connectivity index (χ4v) is 3.67. The van der Waals surface area contributed by atoms with E-state index in [0.29, 0.717) is 0 Å². The van der Waals surface area contributed by atoms with Crippen LogP contribution in [0.4, 0.5) is 0 Å². The van der Waals surface area contributed by atoms with Gasteiger partial charge in [-0.25, -0.2) is 0 Å². The topological polar surface area (TPSA) is 18.5 Å². The number of hydrogen-bond acceptors (Lipinski definition) is 2. The number of unbranched alkanes of at least 4 members (excludes halogenated alkanes) is 1. The summed E-state index contributed by atoms with van der Waals surface area (Å²) in [6.45, 7) is 2.21. The van der Waals surface area contributed by atoms with Gasteiger partial charge in [0.15, 0.2) is 0 Å². The van der Waals surface area contributed by atoms with Gasteiger partial charge in [-0.2, -0.15) is 0 Å². The molecule has 0 aromatic carbocycles. The molecule has 0 spiro atoms. The summed E-state index contributed by atoms with van der Waals surface area (Å²) in [5.74, 6) is 0.756. The lowest BCUT2D eigenvalue weighted by molar-refractivity contribution is 0.301. The zero-order chi connectivity index (χ0) is 11.6. The van der Waals surface area contributed by atoms with Gasteiger partial charge in [0.05, 0.1) is 6.26 Å². The highest BCUT2D eigenvalue weighted by Gasteiger charge is 2.12. The summed E-state index contributed by atoms with van der Waals surface area (Å²) in [6.07, 6.45) is 13.5. The van der Waals surface area contributed by atoms with Crippen molar-refractivity contribution in [2.75, 3.05) is 7.11 Å². The van der Waals surface area contributed by atoms with Gasteiger partial charge in [0.1, 0.15) is 0 Å². The lowest BCUT2D eigenvalue weighted by Crippen LogP contribution is -2.18. The zero-order valence-corrected chi connectivity index (χ0v) is 11.9. The van der Waals surface area contributed by atoms with E-state index in [1.165, 1.54) is 44.9 Å². The van der Waals surface area contributed by atoms with Crippen LogP contribution in [0.25, 0.3) is 0 Å². The van der Waals surface area contributed by atoms with Crippen LogP contribution >= 0.6 is 0 Å². The molecule has 0 amide bonds. The third-order valence-corrected chi connectivity index (χ3v) is 5.15. The molecule has 1 rings (SSSR count). The van der Waals surface area contributed by atoms with E-state index in [1.54, 1.807) is 7.11 Å². The highest BCUT2D eigenvalue weighted by atomic mass is 28.3.